The van der Waals surface area contributed by atoms with Crippen LogP contribution < -0.4 is 15.5 Å². The van der Waals surface area contributed by atoms with Crippen LogP contribution in [0, 0.1) is 5.82 Å². The summed E-state index contributed by atoms with van der Waals surface area (Å²) in [6.07, 6.45) is 3.54. The Hall–Kier alpha value is -3.39. The van der Waals surface area contributed by atoms with E-state index in [-0.39, 0.29) is 17.2 Å². The number of rotatable bonds is 6. The minimum Gasteiger partial charge on any atom is -0.366 e. The van der Waals surface area contributed by atoms with Gasteiger partial charge in [0.1, 0.15) is 18.1 Å². The van der Waals surface area contributed by atoms with Crippen LogP contribution in [0.4, 0.5) is 20.6 Å². The molecule has 0 aromatic heterocycles. The fraction of sp³-hybridized carbons (Fsp3) is 0.370. The lowest BCUT2D eigenvalue weighted by Crippen LogP contribution is -2.48. The number of anilines is 2. The van der Waals surface area contributed by atoms with Crippen LogP contribution in [-0.4, -0.2) is 41.4 Å². The van der Waals surface area contributed by atoms with Gasteiger partial charge in [-0.15, -0.1) is 0 Å². The molecule has 0 radical (unpaired) electrons. The molecule has 190 valence electrons. The maximum absolute atomic E-state index is 13.1. The molecule has 2 aromatic rings. The van der Waals surface area contributed by atoms with Gasteiger partial charge in [0.05, 0.1) is 0 Å². The molecular weight excluding hydrogens is 483 g/mol. The molecule has 2 N–H and O–H groups in total. The van der Waals surface area contributed by atoms with E-state index in [1.54, 1.807) is 6.08 Å². The number of fused-ring (bicyclic) bond motifs is 1. The van der Waals surface area contributed by atoms with Crippen molar-refractivity contribution in [3.8, 4) is 0 Å². The Bertz CT molecular complexity index is 1240. The lowest BCUT2D eigenvalue weighted by molar-refractivity contribution is -0.127. The van der Waals surface area contributed by atoms with Gasteiger partial charge in [-0.3, -0.25) is 9.59 Å². The van der Waals surface area contributed by atoms with Gasteiger partial charge in [0.25, 0.3) is 5.91 Å². The summed E-state index contributed by atoms with van der Waals surface area (Å²) in [7, 11) is 0. The Morgan fingerprint density at radius 1 is 1.25 bits per heavy atom. The highest BCUT2D eigenvalue weighted by Gasteiger charge is 2.37. The zero-order valence-electron chi connectivity index (χ0n) is 20.8. The van der Waals surface area contributed by atoms with E-state index < -0.39 is 30.2 Å². The van der Waals surface area contributed by atoms with Crippen molar-refractivity contribution in [2.45, 2.75) is 52.0 Å². The average molecular weight is 513 g/mol. The summed E-state index contributed by atoms with van der Waals surface area (Å²) in [4.78, 5) is 41.0. The first kappa shape index (κ1) is 25.7. The van der Waals surface area contributed by atoms with Crippen LogP contribution in [-0.2, 0) is 9.59 Å². The summed E-state index contributed by atoms with van der Waals surface area (Å²) in [6, 6.07) is 8.42. The third-order valence-corrected chi connectivity index (χ3v) is 6.97. The molecule has 4 rings (SSSR count). The van der Waals surface area contributed by atoms with Gasteiger partial charge in [-0.05, 0) is 86.2 Å². The average Bonchev–Trinajstić information content (AvgIpc) is 3.06. The van der Waals surface area contributed by atoms with Crippen molar-refractivity contribution in [1.82, 2.24) is 10.2 Å². The Kier molecular flexibility index (Phi) is 7.09. The topological polar surface area (TPSA) is 81.8 Å². The molecule has 1 fully saturated rings. The summed E-state index contributed by atoms with van der Waals surface area (Å²) >= 11 is 6.65. The van der Waals surface area contributed by atoms with Gasteiger partial charge >= 0.3 is 6.03 Å². The van der Waals surface area contributed by atoms with Gasteiger partial charge in [0.2, 0.25) is 5.91 Å². The lowest BCUT2D eigenvalue weighted by atomic mass is 9.79. The van der Waals surface area contributed by atoms with E-state index in [1.165, 1.54) is 24.3 Å². The SMILES string of the molecule is CCCN1c2cc(Cl)c(/C=C3/NC(=O)N(CC(=O)Nc4ccc(F)cc4)C3=O)cc2C(C)CC1(C)C. The van der Waals surface area contributed by atoms with Crippen LogP contribution in [0.25, 0.3) is 6.08 Å². The Morgan fingerprint density at radius 3 is 2.61 bits per heavy atom. The molecule has 9 heteroatoms. The quantitative estimate of drug-likeness (QED) is 0.395. The first-order valence-corrected chi connectivity index (χ1v) is 12.4. The number of hydrogen-bond acceptors (Lipinski definition) is 4. The van der Waals surface area contributed by atoms with Crippen molar-refractivity contribution < 1.29 is 18.8 Å². The van der Waals surface area contributed by atoms with E-state index >= 15 is 0 Å². The van der Waals surface area contributed by atoms with Gasteiger partial charge in [-0.25, -0.2) is 14.1 Å². The van der Waals surface area contributed by atoms with Crippen LogP contribution in [0.2, 0.25) is 5.02 Å². The lowest BCUT2D eigenvalue weighted by Gasteiger charge is -2.47. The number of benzene rings is 2. The molecule has 7 nitrogen and oxygen atoms in total. The highest BCUT2D eigenvalue weighted by molar-refractivity contribution is 6.32. The van der Waals surface area contributed by atoms with Crippen LogP contribution in [0.15, 0.2) is 42.1 Å². The first-order chi connectivity index (χ1) is 17.0. The van der Waals surface area contributed by atoms with Gasteiger partial charge in [-0.1, -0.05) is 25.4 Å². The molecule has 0 spiro atoms. The monoisotopic (exact) mass is 512 g/mol. The third kappa shape index (κ3) is 5.09. The minimum atomic E-state index is -0.696. The molecule has 1 unspecified atom stereocenters. The molecule has 2 heterocycles. The van der Waals surface area contributed by atoms with Crippen LogP contribution in [0.1, 0.15) is 57.6 Å². The molecule has 0 saturated carbocycles. The van der Waals surface area contributed by atoms with Crippen molar-refractivity contribution >= 4 is 46.9 Å². The van der Waals surface area contributed by atoms with Crippen molar-refractivity contribution in [3.05, 3.63) is 64.1 Å². The molecule has 1 saturated heterocycles. The molecule has 2 aliphatic rings. The molecule has 0 bridgehead atoms. The number of urea groups is 1. The highest BCUT2D eigenvalue weighted by atomic mass is 35.5. The highest BCUT2D eigenvalue weighted by Crippen LogP contribution is 2.45. The molecular formula is C27H30ClFN4O3. The van der Waals surface area contributed by atoms with Gasteiger partial charge in [0, 0.05) is 28.5 Å². The van der Waals surface area contributed by atoms with Crippen molar-refractivity contribution in [2.75, 3.05) is 23.3 Å². The Morgan fingerprint density at radius 2 is 1.94 bits per heavy atom. The number of carbonyl (C=O) groups excluding carboxylic acids is 3. The van der Waals surface area contributed by atoms with Crippen molar-refractivity contribution in [3.63, 3.8) is 0 Å². The number of hydrogen-bond donors (Lipinski definition) is 2. The second-order valence-corrected chi connectivity index (χ2v) is 10.3. The molecule has 0 aliphatic carbocycles. The van der Waals surface area contributed by atoms with Gasteiger partial charge in [0.15, 0.2) is 0 Å². The summed E-state index contributed by atoms with van der Waals surface area (Å²) in [5.41, 5.74) is 3.26. The van der Waals surface area contributed by atoms with Gasteiger partial charge in [-0.2, -0.15) is 0 Å². The maximum atomic E-state index is 13.1. The fourth-order valence-corrected chi connectivity index (χ4v) is 5.24. The Labute approximate surface area is 215 Å². The number of nitrogens with zero attached hydrogens (tertiary/aromatic N) is 2. The number of carbonyl (C=O) groups is 3. The summed E-state index contributed by atoms with van der Waals surface area (Å²) in [6.45, 7) is 9.23. The number of nitrogens with one attached hydrogen (secondary N) is 2. The predicted octanol–water partition coefficient (Wildman–Crippen LogP) is 5.51. The van der Waals surface area contributed by atoms with E-state index in [0.29, 0.717) is 16.3 Å². The minimum absolute atomic E-state index is 0.00385. The number of imide groups is 1. The second-order valence-electron chi connectivity index (χ2n) is 9.94. The first-order valence-electron chi connectivity index (χ1n) is 12.0. The van der Waals surface area contributed by atoms with E-state index in [9.17, 15) is 18.8 Å². The zero-order valence-corrected chi connectivity index (χ0v) is 21.6. The maximum Gasteiger partial charge on any atom is 0.329 e. The van der Waals surface area contributed by atoms with Crippen molar-refractivity contribution in [1.29, 1.82) is 0 Å². The van der Waals surface area contributed by atoms with E-state index in [0.717, 1.165) is 35.5 Å². The predicted molar refractivity (Wildman–Crippen MR) is 139 cm³/mol. The molecule has 2 aromatic carbocycles. The number of amides is 4. The van der Waals surface area contributed by atoms with E-state index in [1.807, 2.05) is 12.1 Å². The fourth-order valence-electron chi connectivity index (χ4n) is 5.03. The van der Waals surface area contributed by atoms with Crippen LogP contribution >= 0.6 is 11.6 Å². The van der Waals surface area contributed by atoms with Crippen molar-refractivity contribution in [2.24, 2.45) is 0 Å². The van der Waals surface area contributed by atoms with Crippen LogP contribution in [0.3, 0.4) is 0 Å². The van der Waals surface area contributed by atoms with E-state index in [4.69, 9.17) is 11.6 Å². The summed E-state index contributed by atoms with van der Waals surface area (Å²) < 4.78 is 13.1. The zero-order chi connectivity index (χ0) is 26.2. The standard InChI is InChI=1S/C27H30ClFN4O3/c1-5-10-33-23-13-21(28)17(11-20(23)16(2)14-27(33,3)4)12-22-25(35)32(26(36)31-22)15-24(34)30-19-8-6-18(29)7-9-19/h6-9,11-13,16H,5,10,14-15H2,1-4H3,(H,30,34)(H,31,36)/b22-12+. The summed E-state index contributed by atoms with van der Waals surface area (Å²) in [5.74, 6) is -1.34. The largest absolute Gasteiger partial charge is 0.366 e. The smallest absolute Gasteiger partial charge is 0.329 e. The molecule has 4 amide bonds. The second kappa shape index (κ2) is 9.93. The van der Waals surface area contributed by atoms with E-state index in [2.05, 4.69) is 43.2 Å². The third-order valence-electron chi connectivity index (χ3n) is 6.64. The Balaban J connectivity index is 1.55. The molecule has 36 heavy (non-hydrogen) atoms. The summed E-state index contributed by atoms with van der Waals surface area (Å²) in [5, 5.41) is 5.56. The molecule has 1 atom stereocenters. The van der Waals surface area contributed by atoms with Gasteiger partial charge < -0.3 is 15.5 Å². The normalized spacial score (nSPS) is 19.9. The molecule has 2 aliphatic heterocycles. The van der Waals surface area contributed by atoms with Crippen LogP contribution in [0.5, 0.6) is 0 Å². The number of halogens is 2.